The molecule has 140 valence electrons. The third-order valence-electron chi connectivity index (χ3n) is 4.87. The summed E-state index contributed by atoms with van der Waals surface area (Å²) in [6.07, 6.45) is 0. The summed E-state index contributed by atoms with van der Waals surface area (Å²) in [6, 6.07) is 16.9. The van der Waals surface area contributed by atoms with Gasteiger partial charge in [-0.15, -0.1) is 0 Å². The normalized spacial score (nSPS) is 11.0. The van der Waals surface area contributed by atoms with Crippen LogP contribution < -0.4 is 5.32 Å². The molecule has 0 aliphatic heterocycles. The number of rotatable bonds is 7. The van der Waals surface area contributed by atoms with Crippen molar-refractivity contribution in [2.75, 3.05) is 14.1 Å². The van der Waals surface area contributed by atoms with Crippen LogP contribution in [0.4, 0.5) is 4.79 Å². The number of hydrogen-bond donors (Lipinski definition) is 1. The third-order valence-corrected chi connectivity index (χ3v) is 4.87. The average molecular weight is 354 g/mol. The lowest BCUT2D eigenvalue weighted by Crippen LogP contribution is -2.36. The molecule has 0 aromatic heterocycles. The fraction of sp³-hybridized carbons (Fsp3) is 0.409. The van der Waals surface area contributed by atoms with Crippen LogP contribution in [0.1, 0.15) is 36.1 Å². The van der Waals surface area contributed by atoms with Crippen LogP contribution in [-0.4, -0.2) is 36.0 Å². The number of carbonyl (C=O) groups is 1. The molecule has 4 heteroatoms. The van der Waals surface area contributed by atoms with E-state index >= 15 is 0 Å². The molecule has 0 heterocycles. The van der Waals surface area contributed by atoms with Crippen LogP contribution in [0.3, 0.4) is 0 Å². The Labute approximate surface area is 157 Å². The smallest absolute Gasteiger partial charge is 0.317 e. The molecule has 2 aromatic carbocycles. The molecule has 1 N–H and O–H groups in total. The number of amides is 2. The third kappa shape index (κ3) is 5.60. The summed E-state index contributed by atoms with van der Waals surface area (Å²) < 4.78 is 0. The van der Waals surface area contributed by atoms with Gasteiger partial charge in [0.25, 0.3) is 0 Å². The van der Waals surface area contributed by atoms with Crippen LogP contribution in [0.25, 0.3) is 0 Å². The number of carbonyl (C=O) groups excluding carboxylic acids is 1. The summed E-state index contributed by atoms with van der Waals surface area (Å²) in [5.41, 5.74) is 4.79. The summed E-state index contributed by atoms with van der Waals surface area (Å²) in [6.45, 7) is 8.47. The number of hydrogen-bond acceptors (Lipinski definition) is 2. The molecule has 26 heavy (non-hydrogen) atoms. The molecular formula is C22H31N3O. The highest BCUT2D eigenvalue weighted by atomic mass is 16.2. The van der Waals surface area contributed by atoms with E-state index in [1.165, 1.54) is 16.7 Å². The Morgan fingerprint density at radius 1 is 0.923 bits per heavy atom. The maximum Gasteiger partial charge on any atom is 0.317 e. The van der Waals surface area contributed by atoms with Crippen molar-refractivity contribution in [3.05, 3.63) is 70.8 Å². The lowest BCUT2D eigenvalue weighted by Gasteiger charge is -2.23. The number of nitrogens with zero attached hydrogens (tertiary/aromatic N) is 2. The number of aryl methyl sites for hydroxylation is 1. The van der Waals surface area contributed by atoms with Gasteiger partial charge in [0.2, 0.25) is 0 Å². The summed E-state index contributed by atoms with van der Waals surface area (Å²) in [4.78, 5) is 16.5. The van der Waals surface area contributed by atoms with Gasteiger partial charge in [-0.1, -0.05) is 48.5 Å². The zero-order valence-electron chi connectivity index (χ0n) is 16.6. The number of urea groups is 1. The van der Waals surface area contributed by atoms with E-state index < -0.39 is 0 Å². The van der Waals surface area contributed by atoms with Crippen LogP contribution in [0.15, 0.2) is 48.5 Å². The van der Waals surface area contributed by atoms with Crippen LogP contribution in [0, 0.1) is 6.92 Å². The Balaban J connectivity index is 1.95. The molecule has 0 spiro atoms. The monoisotopic (exact) mass is 353 g/mol. The van der Waals surface area contributed by atoms with Crippen LogP contribution in [0.2, 0.25) is 0 Å². The van der Waals surface area contributed by atoms with E-state index in [9.17, 15) is 4.79 Å². The second kappa shape index (κ2) is 9.39. The fourth-order valence-electron chi connectivity index (χ4n) is 2.76. The van der Waals surface area contributed by atoms with E-state index in [1.54, 1.807) is 4.90 Å². The van der Waals surface area contributed by atoms with Crippen molar-refractivity contribution >= 4 is 6.03 Å². The van der Waals surface area contributed by atoms with Crippen molar-refractivity contribution in [1.82, 2.24) is 15.1 Å². The van der Waals surface area contributed by atoms with Crippen LogP contribution in [-0.2, 0) is 19.6 Å². The predicted molar refractivity (Wildman–Crippen MR) is 108 cm³/mol. The molecule has 0 saturated heterocycles. The lowest BCUT2D eigenvalue weighted by molar-refractivity contribution is 0.206. The van der Waals surface area contributed by atoms with E-state index in [2.05, 4.69) is 68.4 Å². The zero-order valence-corrected chi connectivity index (χ0v) is 16.6. The summed E-state index contributed by atoms with van der Waals surface area (Å²) in [7, 11) is 3.95. The van der Waals surface area contributed by atoms with E-state index in [-0.39, 0.29) is 6.03 Å². The first-order chi connectivity index (χ1) is 12.4. The SMILES string of the molecule is Cc1ccccc1CN(C)C(=O)NCc1ccccc1CN(C)C(C)C. The van der Waals surface area contributed by atoms with Crippen molar-refractivity contribution in [2.24, 2.45) is 0 Å². The summed E-state index contributed by atoms with van der Waals surface area (Å²) in [5, 5.41) is 3.05. The van der Waals surface area contributed by atoms with Gasteiger partial charge in [-0.3, -0.25) is 4.90 Å². The largest absolute Gasteiger partial charge is 0.334 e. The lowest BCUT2D eigenvalue weighted by atomic mass is 10.1. The topological polar surface area (TPSA) is 35.6 Å². The van der Waals surface area contributed by atoms with E-state index in [0.29, 0.717) is 19.1 Å². The molecule has 0 fully saturated rings. The van der Waals surface area contributed by atoms with E-state index in [0.717, 1.165) is 12.1 Å². The standard InChI is InChI=1S/C22H31N3O/c1-17(2)24(4)16-21-13-9-8-11-19(21)14-23-22(26)25(5)15-20-12-7-6-10-18(20)3/h6-13,17H,14-16H2,1-5H3,(H,23,26). The van der Waals surface area contributed by atoms with Crippen LogP contribution in [0.5, 0.6) is 0 Å². The van der Waals surface area contributed by atoms with Crippen molar-refractivity contribution in [3.63, 3.8) is 0 Å². The minimum absolute atomic E-state index is 0.0553. The highest BCUT2D eigenvalue weighted by Gasteiger charge is 2.12. The Kier molecular flexibility index (Phi) is 7.22. The van der Waals surface area contributed by atoms with Gasteiger partial charge >= 0.3 is 6.03 Å². The first-order valence-electron chi connectivity index (χ1n) is 9.19. The molecular weight excluding hydrogens is 322 g/mol. The van der Waals surface area contributed by atoms with Crippen molar-refractivity contribution in [3.8, 4) is 0 Å². The predicted octanol–water partition coefficient (Wildman–Crippen LogP) is 4.18. The molecule has 0 aliphatic rings. The van der Waals surface area contributed by atoms with Crippen LogP contribution >= 0.6 is 0 Å². The molecule has 2 rings (SSSR count). The molecule has 2 aromatic rings. The van der Waals surface area contributed by atoms with Crippen molar-refractivity contribution in [2.45, 2.75) is 46.4 Å². The van der Waals surface area contributed by atoms with Gasteiger partial charge in [0, 0.05) is 32.7 Å². The number of nitrogens with one attached hydrogen (secondary N) is 1. The summed E-state index contributed by atoms with van der Waals surface area (Å²) in [5.74, 6) is 0. The van der Waals surface area contributed by atoms with Crippen molar-refractivity contribution < 1.29 is 4.79 Å². The quantitative estimate of drug-likeness (QED) is 0.811. The maximum atomic E-state index is 12.5. The molecule has 0 radical (unpaired) electrons. The van der Waals surface area contributed by atoms with Crippen molar-refractivity contribution in [1.29, 1.82) is 0 Å². The fourth-order valence-corrected chi connectivity index (χ4v) is 2.76. The zero-order chi connectivity index (χ0) is 19.1. The van der Waals surface area contributed by atoms with Gasteiger partial charge in [0.15, 0.2) is 0 Å². The molecule has 4 nitrogen and oxygen atoms in total. The Morgan fingerprint density at radius 3 is 2.12 bits per heavy atom. The minimum atomic E-state index is -0.0553. The highest BCUT2D eigenvalue weighted by Crippen LogP contribution is 2.13. The van der Waals surface area contributed by atoms with Gasteiger partial charge in [-0.05, 0) is 50.1 Å². The van der Waals surface area contributed by atoms with Gasteiger partial charge in [-0.25, -0.2) is 4.79 Å². The van der Waals surface area contributed by atoms with Gasteiger partial charge < -0.3 is 10.2 Å². The second-order valence-electron chi connectivity index (χ2n) is 7.22. The molecule has 0 atom stereocenters. The Hall–Kier alpha value is -2.33. The molecule has 0 aliphatic carbocycles. The van der Waals surface area contributed by atoms with Gasteiger partial charge in [-0.2, -0.15) is 0 Å². The molecule has 0 saturated carbocycles. The highest BCUT2D eigenvalue weighted by molar-refractivity contribution is 5.73. The summed E-state index contributed by atoms with van der Waals surface area (Å²) >= 11 is 0. The maximum absolute atomic E-state index is 12.5. The first-order valence-corrected chi connectivity index (χ1v) is 9.19. The van der Waals surface area contributed by atoms with E-state index in [1.807, 2.05) is 25.2 Å². The van der Waals surface area contributed by atoms with E-state index in [4.69, 9.17) is 0 Å². The van der Waals surface area contributed by atoms with Gasteiger partial charge in [0.1, 0.15) is 0 Å². The Morgan fingerprint density at radius 2 is 1.50 bits per heavy atom. The molecule has 0 unspecified atom stereocenters. The molecule has 0 bridgehead atoms. The first kappa shape index (κ1) is 20.0. The second-order valence-corrected chi connectivity index (χ2v) is 7.22. The molecule has 2 amide bonds. The minimum Gasteiger partial charge on any atom is -0.334 e. The van der Waals surface area contributed by atoms with Gasteiger partial charge in [0.05, 0.1) is 0 Å². The average Bonchev–Trinajstić information content (AvgIpc) is 2.62. The number of benzene rings is 2. The Bertz CT molecular complexity index is 727.